The van der Waals surface area contributed by atoms with Crippen molar-refractivity contribution in [2.75, 3.05) is 16.4 Å². The molecule has 0 bridgehead atoms. The molecule has 40 heavy (non-hydrogen) atoms. The number of carbonyl (C=O) groups is 2. The van der Waals surface area contributed by atoms with E-state index in [0.29, 0.717) is 28.4 Å². The Labute approximate surface area is 246 Å². The third-order valence-corrected chi connectivity index (χ3v) is 6.47. The second kappa shape index (κ2) is 13.5. The van der Waals surface area contributed by atoms with E-state index >= 15 is 0 Å². The Morgan fingerprint density at radius 3 is 2.35 bits per heavy atom. The fraction of sp³-hybridized carbons (Fsp3) is 0.0968. The van der Waals surface area contributed by atoms with Gasteiger partial charge < -0.3 is 25.6 Å². The number of amides is 2. The number of anilines is 3. The second-order valence-corrected chi connectivity index (χ2v) is 10.1. The zero-order valence-electron chi connectivity index (χ0n) is 21.6. The minimum Gasteiger partial charge on any atom is -0.508 e. The Hall–Kier alpha value is -4.51. The SMILES string of the molecule is Cc1ccc(NC(=O)O[C@H](c2cc(I)ccc2O)[C@@H](/C=C/C(=O)Nc2ccccc2N)Oc2ccccc2)cc1. The van der Waals surface area contributed by atoms with Crippen LogP contribution in [-0.4, -0.2) is 23.2 Å². The molecule has 8 nitrogen and oxygen atoms in total. The van der Waals surface area contributed by atoms with Gasteiger partial charge in [0.2, 0.25) is 5.91 Å². The van der Waals surface area contributed by atoms with Crippen molar-refractivity contribution in [1.82, 2.24) is 0 Å². The molecule has 4 aromatic rings. The first-order valence-corrected chi connectivity index (χ1v) is 13.4. The van der Waals surface area contributed by atoms with Crippen LogP contribution in [0, 0.1) is 10.5 Å². The molecule has 0 saturated heterocycles. The lowest BCUT2D eigenvalue weighted by atomic mass is 10.0. The van der Waals surface area contributed by atoms with E-state index in [4.69, 9.17) is 15.2 Å². The number of ether oxygens (including phenoxy) is 2. The van der Waals surface area contributed by atoms with Crippen molar-refractivity contribution in [2.24, 2.45) is 0 Å². The predicted molar refractivity (Wildman–Crippen MR) is 164 cm³/mol. The highest BCUT2D eigenvalue weighted by molar-refractivity contribution is 14.1. The molecule has 0 unspecified atom stereocenters. The van der Waals surface area contributed by atoms with Crippen molar-refractivity contribution in [3.05, 3.63) is 124 Å². The van der Waals surface area contributed by atoms with Crippen LogP contribution in [0.5, 0.6) is 11.5 Å². The van der Waals surface area contributed by atoms with Crippen LogP contribution in [0.2, 0.25) is 0 Å². The van der Waals surface area contributed by atoms with Crippen LogP contribution in [0.4, 0.5) is 21.9 Å². The number of nitrogens with one attached hydrogen (secondary N) is 2. The Balaban J connectivity index is 1.67. The first-order chi connectivity index (χ1) is 19.3. The molecule has 0 aromatic heterocycles. The Kier molecular flexibility index (Phi) is 9.63. The molecule has 4 aromatic carbocycles. The lowest BCUT2D eigenvalue weighted by molar-refractivity contribution is -0.112. The second-order valence-electron chi connectivity index (χ2n) is 8.85. The highest BCUT2D eigenvalue weighted by atomic mass is 127. The highest BCUT2D eigenvalue weighted by Gasteiger charge is 2.30. The lowest BCUT2D eigenvalue weighted by Gasteiger charge is -2.27. The molecule has 9 heteroatoms. The summed E-state index contributed by atoms with van der Waals surface area (Å²) in [5, 5.41) is 16.2. The number of aryl methyl sites for hydroxylation is 1. The average molecular weight is 649 g/mol. The van der Waals surface area contributed by atoms with E-state index in [9.17, 15) is 14.7 Å². The van der Waals surface area contributed by atoms with Gasteiger partial charge in [-0.2, -0.15) is 0 Å². The number of hydrogen-bond acceptors (Lipinski definition) is 6. The molecule has 0 heterocycles. The van der Waals surface area contributed by atoms with Crippen molar-refractivity contribution in [2.45, 2.75) is 19.1 Å². The number of phenols is 1. The molecule has 0 aliphatic heterocycles. The summed E-state index contributed by atoms with van der Waals surface area (Å²) in [6.07, 6.45) is -0.145. The van der Waals surface area contributed by atoms with Crippen molar-refractivity contribution in [3.63, 3.8) is 0 Å². The normalized spacial score (nSPS) is 12.3. The molecule has 0 fully saturated rings. The maximum Gasteiger partial charge on any atom is 0.412 e. The number of nitrogen functional groups attached to an aromatic ring is 1. The van der Waals surface area contributed by atoms with E-state index in [0.717, 1.165) is 9.13 Å². The van der Waals surface area contributed by atoms with Gasteiger partial charge in [-0.25, -0.2) is 4.79 Å². The van der Waals surface area contributed by atoms with Gasteiger partial charge in [0.1, 0.15) is 11.5 Å². The molecular formula is C31H28IN3O5. The molecule has 2 amide bonds. The smallest absolute Gasteiger partial charge is 0.412 e. The van der Waals surface area contributed by atoms with Crippen molar-refractivity contribution < 1.29 is 24.2 Å². The molecule has 0 aliphatic carbocycles. The third-order valence-electron chi connectivity index (χ3n) is 5.80. The monoisotopic (exact) mass is 649 g/mol. The zero-order valence-corrected chi connectivity index (χ0v) is 23.7. The molecule has 204 valence electrons. The average Bonchev–Trinajstić information content (AvgIpc) is 2.94. The fourth-order valence-corrected chi connectivity index (χ4v) is 4.30. The summed E-state index contributed by atoms with van der Waals surface area (Å²) in [5.74, 6) is -0.0815. The highest BCUT2D eigenvalue weighted by Crippen LogP contribution is 2.34. The predicted octanol–water partition coefficient (Wildman–Crippen LogP) is 6.82. The summed E-state index contributed by atoms with van der Waals surface area (Å²) < 4.78 is 12.9. The van der Waals surface area contributed by atoms with E-state index in [1.165, 1.54) is 18.2 Å². The van der Waals surface area contributed by atoms with Gasteiger partial charge in [0.25, 0.3) is 0 Å². The lowest BCUT2D eigenvalue weighted by Crippen LogP contribution is -2.30. The van der Waals surface area contributed by atoms with Crippen molar-refractivity contribution in [1.29, 1.82) is 0 Å². The quantitative estimate of drug-likeness (QED) is 0.0897. The largest absolute Gasteiger partial charge is 0.508 e. The standard InChI is InChI=1S/C31H28IN3O5/c1-20-11-14-22(15-12-20)34-31(38)40-30(24-19-21(32)13-16-27(24)36)28(39-23-7-3-2-4-8-23)17-18-29(37)35-26-10-6-5-9-25(26)33/h2-19,28,30,36H,33H2,1H3,(H,34,38)(H,35,37)/b18-17+/t28-,30-/m1/s1. The number of hydrogen-bond donors (Lipinski definition) is 4. The van der Waals surface area contributed by atoms with Crippen molar-refractivity contribution in [3.8, 4) is 11.5 Å². The number of halogens is 1. The zero-order chi connectivity index (χ0) is 28.5. The van der Waals surface area contributed by atoms with Crippen LogP contribution in [0.1, 0.15) is 17.2 Å². The number of phenolic OH excluding ortho intramolecular Hbond substituents is 1. The summed E-state index contributed by atoms with van der Waals surface area (Å²) in [4.78, 5) is 25.9. The Morgan fingerprint density at radius 1 is 0.925 bits per heavy atom. The van der Waals surface area contributed by atoms with Gasteiger partial charge in [0.05, 0.1) is 11.4 Å². The van der Waals surface area contributed by atoms with Gasteiger partial charge in [0.15, 0.2) is 12.2 Å². The van der Waals surface area contributed by atoms with Gasteiger partial charge in [-0.1, -0.05) is 48.0 Å². The van der Waals surface area contributed by atoms with Crippen LogP contribution >= 0.6 is 22.6 Å². The topological polar surface area (TPSA) is 123 Å². The minimum atomic E-state index is -1.13. The number of carbonyl (C=O) groups excluding carboxylic acids is 2. The molecular weight excluding hydrogens is 621 g/mol. The van der Waals surface area contributed by atoms with Gasteiger partial charge in [0, 0.05) is 20.9 Å². The summed E-state index contributed by atoms with van der Waals surface area (Å²) in [6.45, 7) is 1.94. The first kappa shape index (κ1) is 28.5. The number of para-hydroxylation sites is 3. The molecule has 2 atom stereocenters. The summed E-state index contributed by atoms with van der Waals surface area (Å²) >= 11 is 2.10. The van der Waals surface area contributed by atoms with Crippen LogP contribution in [0.15, 0.2) is 109 Å². The number of aromatic hydroxyl groups is 1. The van der Waals surface area contributed by atoms with Crippen LogP contribution < -0.4 is 21.1 Å². The van der Waals surface area contributed by atoms with E-state index in [1.54, 1.807) is 72.8 Å². The summed E-state index contributed by atoms with van der Waals surface area (Å²) in [7, 11) is 0. The van der Waals surface area contributed by atoms with Crippen LogP contribution in [-0.2, 0) is 9.53 Å². The minimum absolute atomic E-state index is 0.0925. The molecule has 4 rings (SSSR count). The van der Waals surface area contributed by atoms with Gasteiger partial charge in [-0.3, -0.25) is 10.1 Å². The Bertz CT molecular complexity index is 1490. The number of rotatable bonds is 9. The third kappa shape index (κ3) is 8.00. The van der Waals surface area contributed by atoms with Gasteiger partial charge >= 0.3 is 6.09 Å². The fourth-order valence-electron chi connectivity index (χ4n) is 3.79. The molecule has 0 saturated carbocycles. The maximum absolute atomic E-state index is 13.1. The number of nitrogens with two attached hydrogens (primary N) is 1. The van der Waals surface area contributed by atoms with E-state index in [2.05, 4.69) is 33.2 Å². The maximum atomic E-state index is 13.1. The van der Waals surface area contributed by atoms with E-state index in [-0.39, 0.29) is 5.75 Å². The summed E-state index contributed by atoms with van der Waals surface area (Å²) in [6, 6.07) is 28.0. The van der Waals surface area contributed by atoms with E-state index < -0.39 is 24.2 Å². The van der Waals surface area contributed by atoms with Crippen molar-refractivity contribution >= 4 is 51.7 Å². The van der Waals surface area contributed by atoms with E-state index in [1.807, 2.05) is 25.1 Å². The molecule has 0 radical (unpaired) electrons. The first-order valence-electron chi connectivity index (χ1n) is 12.4. The molecule has 5 N–H and O–H groups in total. The van der Waals surface area contributed by atoms with Crippen LogP contribution in [0.3, 0.4) is 0 Å². The van der Waals surface area contributed by atoms with Gasteiger partial charge in [-0.15, -0.1) is 0 Å². The van der Waals surface area contributed by atoms with Crippen LogP contribution in [0.25, 0.3) is 0 Å². The van der Waals surface area contributed by atoms with Gasteiger partial charge in [-0.05, 0) is 90.2 Å². The molecule has 0 spiro atoms. The molecule has 0 aliphatic rings. The number of benzene rings is 4. The Morgan fingerprint density at radius 2 is 1.62 bits per heavy atom. The summed E-state index contributed by atoms with van der Waals surface area (Å²) in [5.41, 5.74) is 8.71.